The molecule has 10 heteroatoms. The van der Waals surface area contributed by atoms with E-state index in [1.165, 1.54) is 0 Å². The van der Waals surface area contributed by atoms with Gasteiger partial charge in [-0.2, -0.15) is 17.5 Å². The minimum Gasteiger partial charge on any atom is -0.457 e. The molecule has 1 aliphatic rings. The third-order valence-corrected chi connectivity index (χ3v) is 7.73. The van der Waals surface area contributed by atoms with Crippen LogP contribution in [0.25, 0.3) is 0 Å². The van der Waals surface area contributed by atoms with Crippen molar-refractivity contribution in [2.45, 2.75) is 43.7 Å². The smallest absolute Gasteiger partial charge is 0.416 e. The van der Waals surface area contributed by atoms with Crippen molar-refractivity contribution in [1.82, 2.24) is 4.31 Å². The molecule has 0 spiro atoms. The van der Waals surface area contributed by atoms with E-state index in [9.17, 15) is 31.2 Å². The molecule has 1 fully saturated rings. The number of halogens is 3. The monoisotopic (exact) mass is 497 g/mol. The highest BCUT2D eigenvalue weighted by molar-refractivity contribution is 7.89. The van der Waals surface area contributed by atoms with Gasteiger partial charge >= 0.3 is 12.1 Å². The van der Waals surface area contributed by atoms with E-state index in [-0.39, 0.29) is 31.7 Å². The van der Waals surface area contributed by atoms with Gasteiger partial charge in [0.05, 0.1) is 16.4 Å². The maximum Gasteiger partial charge on any atom is 0.416 e. The molecular formula is C24H26F3NO5S. The molecule has 6 nitrogen and oxygen atoms in total. The van der Waals surface area contributed by atoms with E-state index in [0.29, 0.717) is 17.5 Å². The van der Waals surface area contributed by atoms with Gasteiger partial charge in [0.15, 0.2) is 12.4 Å². The summed E-state index contributed by atoms with van der Waals surface area (Å²) in [5.74, 6) is -1.20. The van der Waals surface area contributed by atoms with E-state index in [2.05, 4.69) is 0 Å². The molecule has 0 N–H and O–H groups in total. The summed E-state index contributed by atoms with van der Waals surface area (Å²) in [5, 5.41) is 0. The number of ether oxygens (including phenoxy) is 1. The molecule has 2 aromatic carbocycles. The van der Waals surface area contributed by atoms with Crippen molar-refractivity contribution in [3.8, 4) is 0 Å². The number of nitrogens with zero attached hydrogens (tertiary/aromatic N) is 1. The maximum atomic E-state index is 12.9. The van der Waals surface area contributed by atoms with Gasteiger partial charge in [0, 0.05) is 18.7 Å². The van der Waals surface area contributed by atoms with Crippen LogP contribution in [0.4, 0.5) is 13.2 Å². The molecule has 0 bridgehead atoms. The number of piperidine rings is 1. The number of alkyl halides is 3. The molecule has 0 saturated carbocycles. The number of hydrogen-bond acceptors (Lipinski definition) is 5. The number of rotatable bonds is 7. The van der Waals surface area contributed by atoms with E-state index in [0.717, 1.165) is 28.1 Å². The predicted molar refractivity (Wildman–Crippen MR) is 119 cm³/mol. The quantitative estimate of drug-likeness (QED) is 0.411. The Morgan fingerprint density at radius 2 is 1.68 bits per heavy atom. The van der Waals surface area contributed by atoms with Crippen LogP contribution >= 0.6 is 0 Å². The molecule has 0 amide bonds. The van der Waals surface area contributed by atoms with Gasteiger partial charge in [0.25, 0.3) is 0 Å². The average molecular weight is 498 g/mol. The molecule has 1 heterocycles. The van der Waals surface area contributed by atoms with Crippen LogP contribution < -0.4 is 0 Å². The summed E-state index contributed by atoms with van der Waals surface area (Å²) in [5.41, 5.74) is 0.468. The Balaban J connectivity index is 1.55. The molecule has 34 heavy (non-hydrogen) atoms. The lowest BCUT2D eigenvalue weighted by Crippen LogP contribution is -2.40. The number of benzene rings is 2. The lowest BCUT2D eigenvalue weighted by molar-refractivity contribution is -0.148. The summed E-state index contributed by atoms with van der Waals surface area (Å²) in [4.78, 5) is 24.3. The van der Waals surface area contributed by atoms with Crippen molar-refractivity contribution in [2.75, 3.05) is 19.7 Å². The summed E-state index contributed by atoms with van der Waals surface area (Å²) >= 11 is 0. The minimum absolute atomic E-state index is 0.0387. The summed E-state index contributed by atoms with van der Waals surface area (Å²) < 4.78 is 70.6. The summed E-state index contributed by atoms with van der Waals surface area (Å²) in [7, 11) is -4.14. The topological polar surface area (TPSA) is 80.8 Å². The summed E-state index contributed by atoms with van der Waals surface area (Å²) in [6.45, 7) is 3.58. The standard InChI is InChI=1S/C24H26F3NO5S/c1-16(2)17-6-8-18(9-7-17)22(29)15-33-23(30)19-10-12-28(13-11-19)34(31,32)21-5-3-4-20(14-21)24(25,26)27/h3-9,14,16,19H,10-13,15H2,1-2H3. The van der Waals surface area contributed by atoms with E-state index >= 15 is 0 Å². The minimum atomic E-state index is -4.66. The third kappa shape index (κ3) is 6.04. The molecular weight excluding hydrogens is 471 g/mol. The highest BCUT2D eigenvalue weighted by Gasteiger charge is 2.35. The first-order chi connectivity index (χ1) is 15.9. The zero-order valence-electron chi connectivity index (χ0n) is 18.8. The van der Waals surface area contributed by atoms with E-state index in [1.807, 2.05) is 26.0 Å². The Kier molecular flexibility index (Phi) is 7.82. The second-order valence-electron chi connectivity index (χ2n) is 8.51. The number of esters is 1. The highest BCUT2D eigenvalue weighted by atomic mass is 32.2. The van der Waals surface area contributed by atoms with Crippen LogP contribution in [0.15, 0.2) is 53.4 Å². The van der Waals surface area contributed by atoms with Gasteiger partial charge in [-0.1, -0.05) is 44.2 Å². The van der Waals surface area contributed by atoms with Crippen molar-refractivity contribution < 1.29 is 35.9 Å². The lowest BCUT2D eigenvalue weighted by Gasteiger charge is -2.30. The number of hydrogen-bond donors (Lipinski definition) is 0. The fourth-order valence-corrected chi connectivity index (χ4v) is 5.22. The molecule has 3 rings (SSSR count). The van der Waals surface area contributed by atoms with Crippen LogP contribution in [0.1, 0.15) is 54.1 Å². The first-order valence-electron chi connectivity index (χ1n) is 10.9. The molecule has 1 aliphatic heterocycles. The van der Waals surface area contributed by atoms with Crippen LogP contribution in [0.2, 0.25) is 0 Å². The normalized spacial score (nSPS) is 15.9. The first-order valence-corrected chi connectivity index (χ1v) is 12.3. The van der Waals surface area contributed by atoms with Gasteiger partial charge in [-0.15, -0.1) is 0 Å². The number of carbonyl (C=O) groups excluding carboxylic acids is 2. The summed E-state index contributed by atoms with van der Waals surface area (Å²) in [6, 6.07) is 10.6. The Hall–Kier alpha value is -2.72. The molecule has 1 saturated heterocycles. The predicted octanol–water partition coefficient (Wildman–Crippen LogP) is 4.66. The lowest BCUT2D eigenvalue weighted by atomic mass is 9.98. The van der Waals surface area contributed by atoms with Crippen LogP contribution in [0.5, 0.6) is 0 Å². The van der Waals surface area contributed by atoms with Crippen LogP contribution in [-0.4, -0.2) is 44.2 Å². The van der Waals surface area contributed by atoms with Gasteiger partial charge < -0.3 is 4.74 Å². The zero-order valence-corrected chi connectivity index (χ0v) is 19.7. The molecule has 184 valence electrons. The second-order valence-corrected chi connectivity index (χ2v) is 10.4. The van der Waals surface area contributed by atoms with Gasteiger partial charge in [0.1, 0.15) is 0 Å². The Bertz CT molecular complexity index is 1140. The van der Waals surface area contributed by atoms with Crippen LogP contribution in [0.3, 0.4) is 0 Å². The molecule has 0 aliphatic carbocycles. The van der Waals surface area contributed by atoms with Gasteiger partial charge in [0.2, 0.25) is 10.0 Å². The Morgan fingerprint density at radius 3 is 2.24 bits per heavy atom. The summed E-state index contributed by atoms with van der Waals surface area (Å²) in [6.07, 6.45) is -4.36. The van der Waals surface area contributed by atoms with Crippen LogP contribution in [0, 0.1) is 5.92 Å². The average Bonchev–Trinajstić information content (AvgIpc) is 2.82. The molecule has 0 radical (unpaired) electrons. The number of sulfonamides is 1. The molecule has 0 aromatic heterocycles. The van der Waals surface area contributed by atoms with Gasteiger partial charge in [-0.25, -0.2) is 8.42 Å². The van der Waals surface area contributed by atoms with Crippen molar-refractivity contribution >= 4 is 21.8 Å². The van der Waals surface area contributed by atoms with Gasteiger partial charge in [-0.3, -0.25) is 9.59 Å². The van der Waals surface area contributed by atoms with Gasteiger partial charge in [-0.05, 0) is 42.5 Å². The molecule has 2 aromatic rings. The van der Waals surface area contributed by atoms with Crippen molar-refractivity contribution in [3.05, 3.63) is 65.2 Å². The number of carbonyl (C=O) groups is 2. The SMILES string of the molecule is CC(C)c1ccc(C(=O)COC(=O)C2CCN(S(=O)(=O)c3cccc(C(F)(F)F)c3)CC2)cc1. The van der Waals surface area contributed by atoms with Crippen molar-refractivity contribution in [1.29, 1.82) is 0 Å². The third-order valence-electron chi connectivity index (χ3n) is 5.83. The van der Waals surface area contributed by atoms with E-state index < -0.39 is 45.2 Å². The Morgan fingerprint density at radius 1 is 1.06 bits per heavy atom. The zero-order chi connectivity index (χ0) is 25.1. The largest absolute Gasteiger partial charge is 0.457 e. The second kappa shape index (κ2) is 10.3. The molecule has 0 atom stereocenters. The van der Waals surface area contributed by atoms with Crippen LogP contribution in [-0.2, 0) is 25.7 Å². The fraction of sp³-hybridized carbons (Fsp3) is 0.417. The van der Waals surface area contributed by atoms with Crippen molar-refractivity contribution in [2.24, 2.45) is 5.92 Å². The van der Waals surface area contributed by atoms with E-state index in [4.69, 9.17) is 4.74 Å². The Labute approximate surface area is 196 Å². The number of ketones is 1. The van der Waals surface area contributed by atoms with Crippen molar-refractivity contribution in [3.63, 3.8) is 0 Å². The highest BCUT2D eigenvalue weighted by Crippen LogP contribution is 2.32. The maximum absolute atomic E-state index is 12.9. The van der Waals surface area contributed by atoms with E-state index in [1.54, 1.807) is 12.1 Å². The first kappa shape index (κ1) is 25.9. The molecule has 0 unspecified atom stereocenters. The fourth-order valence-electron chi connectivity index (χ4n) is 3.71. The number of Topliss-reactive ketones (excluding diaryl/α,β-unsaturated/α-hetero) is 1.